The van der Waals surface area contributed by atoms with Crippen LogP contribution in [0, 0.1) is 0 Å². The molecule has 2 saturated heterocycles. The van der Waals surface area contributed by atoms with E-state index >= 15 is 0 Å². The standard InChI is InChI=1S/C18H33N7O/c1-4-19-18(20-11-14(2)25-9-10-26-12-15(25)3)24-7-5-16(6-8-24)17-21-13-22-23-17/h13-16H,4-12H2,1-3H3,(H,19,20)(H,21,22,23). The number of piperidine rings is 1. The lowest BCUT2D eigenvalue weighted by Gasteiger charge is -2.38. The highest BCUT2D eigenvalue weighted by molar-refractivity contribution is 5.80. The number of nitrogens with zero attached hydrogens (tertiary/aromatic N) is 5. The fraction of sp³-hybridized carbons (Fsp3) is 0.833. The number of guanidine groups is 1. The summed E-state index contributed by atoms with van der Waals surface area (Å²) in [5.74, 6) is 2.53. The van der Waals surface area contributed by atoms with E-state index in [1.165, 1.54) is 0 Å². The summed E-state index contributed by atoms with van der Waals surface area (Å²) in [5.41, 5.74) is 0. The summed E-state index contributed by atoms with van der Waals surface area (Å²) in [6.07, 6.45) is 3.76. The molecule has 2 N–H and O–H groups in total. The molecule has 3 heterocycles. The Kier molecular flexibility index (Phi) is 6.85. The molecule has 8 nitrogen and oxygen atoms in total. The molecule has 0 amide bonds. The van der Waals surface area contributed by atoms with Crippen molar-refractivity contribution < 1.29 is 4.74 Å². The summed E-state index contributed by atoms with van der Waals surface area (Å²) in [4.78, 5) is 14.2. The van der Waals surface area contributed by atoms with E-state index in [0.29, 0.717) is 18.0 Å². The van der Waals surface area contributed by atoms with Crippen LogP contribution in [0.15, 0.2) is 11.3 Å². The van der Waals surface area contributed by atoms with Crippen LogP contribution in [0.4, 0.5) is 0 Å². The van der Waals surface area contributed by atoms with Crippen LogP contribution in [0.2, 0.25) is 0 Å². The Labute approximate surface area is 156 Å². The SMILES string of the molecule is CCNC(=NCC(C)N1CCOCC1C)N1CCC(c2ncn[nH]2)CC1. The van der Waals surface area contributed by atoms with Crippen LogP contribution in [0.3, 0.4) is 0 Å². The van der Waals surface area contributed by atoms with E-state index < -0.39 is 0 Å². The average Bonchev–Trinajstić information content (AvgIpc) is 3.20. The van der Waals surface area contributed by atoms with Gasteiger partial charge >= 0.3 is 0 Å². The molecular weight excluding hydrogens is 330 g/mol. The summed E-state index contributed by atoms with van der Waals surface area (Å²) in [5, 5.41) is 10.5. The molecule has 146 valence electrons. The minimum Gasteiger partial charge on any atom is -0.379 e. The number of morpholine rings is 1. The number of ether oxygens (including phenoxy) is 1. The molecule has 0 aromatic carbocycles. The fourth-order valence-electron chi connectivity index (χ4n) is 3.92. The van der Waals surface area contributed by atoms with Crippen molar-refractivity contribution in [2.75, 3.05) is 45.9 Å². The summed E-state index contributed by atoms with van der Waals surface area (Å²) in [6, 6.07) is 0.892. The van der Waals surface area contributed by atoms with E-state index in [-0.39, 0.29) is 0 Å². The highest BCUT2D eigenvalue weighted by Crippen LogP contribution is 2.25. The molecule has 0 bridgehead atoms. The van der Waals surface area contributed by atoms with Gasteiger partial charge in [0.25, 0.3) is 0 Å². The maximum atomic E-state index is 5.55. The van der Waals surface area contributed by atoms with Gasteiger partial charge in [-0.05, 0) is 33.6 Å². The Morgan fingerprint density at radius 1 is 1.42 bits per heavy atom. The Morgan fingerprint density at radius 3 is 2.88 bits per heavy atom. The molecule has 3 rings (SSSR count). The number of aromatic amines is 1. The third kappa shape index (κ3) is 4.73. The normalized spacial score (nSPS) is 24.7. The largest absolute Gasteiger partial charge is 0.379 e. The van der Waals surface area contributed by atoms with E-state index in [2.05, 4.69) is 51.1 Å². The van der Waals surface area contributed by atoms with E-state index in [1.807, 2.05) is 0 Å². The molecule has 2 aliphatic heterocycles. The van der Waals surface area contributed by atoms with Gasteiger partial charge in [-0.15, -0.1) is 0 Å². The molecule has 0 spiro atoms. The van der Waals surface area contributed by atoms with Gasteiger partial charge in [0, 0.05) is 44.2 Å². The number of aliphatic imine (C=N–C) groups is 1. The fourth-order valence-corrected chi connectivity index (χ4v) is 3.92. The molecule has 2 aliphatic rings. The van der Waals surface area contributed by atoms with Gasteiger partial charge in [0.2, 0.25) is 0 Å². The molecule has 2 unspecified atom stereocenters. The molecule has 1 aromatic heterocycles. The van der Waals surface area contributed by atoms with E-state index in [0.717, 1.165) is 70.6 Å². The highest BCUT2D eigenvalue weighted by Gasteiger charge is 2.26. The number of likely N-dealkylation sites (tertiary alicyclic amines) is 1. The number of aromatic nitrogens is 3. The maximum absolute atomic E-state index is 5.55. The van der Waals surface area contributed by atoms with Crippen LogP contribution < -0.4 is 5.32 Å². The lowest BCUT2D eigenvalue weighted by molar-refractivity contribution is -0.0166. The average molecular weight is 364 g/mol. The van der Waals surface area contributed by atoms with Gasteiger partial charge in [-0.25, -0.2) is 4.98 Å². The highest BCUT2D eigenvalue weighted by atomic mass is 16.5. The second-order valence-electron chi connectivity index (χ2n) is 7.34. The summed E-state index contributed by atoms with van der Waals surface area (Å²) >= 11 is 0. The van der Waals surface area contributed by atoms with Gasteiger partial charge in [-0.2, -0.15) is 5.10 Å². The minimum absolute atomic E-state index is 0.425. The second-order valence-corrected chi connectivity index (χ2v) is 7.34. The van der Waals surface area contributed by atoms with Gasteiger partial charge in [-0.3, -0.25) is 15.0 Å². The predicted molar refractivity (Wildman–Crippen MR) is 102 cm³/mol. The maximum Gasteiger partial charge on any atom is 0.193 e. The van der Waals surface area contributed by atoms with Crippen molar-refractivity contribution in [2.45, 2.75) is 51.6 Å². The summed E-state index contributed by atoms with van der Waals surface area (Å²) < 4.78 is 5.55. The molecule has 8 heteroatoms. The molecule has 0 saturated carbocycles. The Morgan fingerprint density at radius 2 is 2.23 bits per heavy atom. The Balaban J connectivity index is 1.55. The van der Waals surface area contributed by atoms with Gasteiger partial charge < -0.3 is 15.0 Å². The van der Waals surface area contributed by atoms with Crippen molar-refractivity contribution >= 4 is 5.96 Å². The third-order valence-corrected chi connectivity index (χ3v) is 5.44. The van der Waals surface area contributed by atoms with Crippen LogP contribution in [0.1, 0.15) is 45.4 Å². The summed E-state index contributed by atoms with van der Waals surface area (Å²) in [7, 11) is 0. The van der Waals surface area contributed by atoms with Crippen molar-refractivity contribution in [3.05, 3.63) is 12.2 Å². The smallest absolute Gasteiger partial charge is 0.193 e. The molecular formula is C18H33N7O. The van der Waals surface area contributed by atoms with Gasteiger partial charge in [0.1, 0.15) is 12.2 Å². The molecule has 1 aromatic rings. The van der Waals surface area contributed by atoms with Crippen molar-refractivity contribution in [3.63, 3.8) is 0 Å². The monoisotopic (exact) mass is 363 g/mol. The first-order valence-electron chi connectivity index (χ1n) is 9.91. The number of H-pyrrole nitrogens is 1. The van der Waals surface area contributed by atoms with E-state index in [9.17, 15) is 0 Å². The van der Waals surface area contributed by atoms with Crippen LogP contribution in [0.25, 0.3) is 0 Å². The number of hydrogen-bond donors (Lipinski definition) is 2. The number of rotatable bonds is 5. The van der Waals surface area contributed by atoms with Crippen molar-refractivity contribution in [3.8, 4) is 0 Å². The first-order chi connectivity index (χ1) is 12.7. The van der Waals surface area contributed by atoms with Gasteiger partial charge in [0.05, 0.1) is 19.8 Å². The van der Waals surface area contributed by atoms with Crippen molar-refractivity contribution in [1.82, 2.24) is 30.3 Å². The quantitative estimate of drug-likeness (QED) is 0.601. The first kappa shape index (κ1) is 19.1. The van der Waals surface area contributed by atoms with Gasteiger partial charge in [0.15, 0.2) is 5.96 Å². The van der Waals surface area contributed by atoms with Crippen molar-refractivity contribution in [2.24, 2.45) is 4.99 Å². The lowest BCUT2D eigenvalue weighted by Crippen LogP contribution is -2.50. The number of hydrogen-bond acceptors (Lipinski definition) is 5. The van der Waals surface area contributed by atoms with E-state index in [4.69, 9.17) is 9.73 Å². The zero-order chi connectivity index (χ0) is 18.4. The lowest BCUT2D eigenvalue weighted by atomic mass is 9.96. The molecule has 0 radical (unpaired) electrons. The first-order valence-corrected chi connectivity index (χ1v) is 9.91. The van der Waals surface area contributed by atoms with Crippen LogP contribution in [-0.4, -0.2) is 89.0 Å². The summed E-state index contributed by atoms with van der Waals surface area (Å²) in [6.45, 7) is 13.0. The molecule has 2 atom stereocenters. The topological polar surface area (TPSA) is 81.7 Å². The zero-order valence-electron chi connectivity index (χ0n) is 16.3. The van der Waals surface area contributed by atoms with E-state index in [1.54, 1.807) is 6.33 Å². The van der Waals surface area contributed by atoms with Crippen molar-refractivity contribution in [1.29, 1.82) is 0 Å². The molecule has 0 aliphatic carbocycles. The Hall–Kier alpha value is -1.67. The third-order valence-electron chi connectivity index (χ3n) is 5.44. The predicted octanol–water partition coefficient (Wildman–Crippen LogP) is 1.06. The van der Waals surface area contributed by atoms with Crippen LogP contribution >= 0.6 is 0 Å². The van der Waals surface area contributed by atoms with Crippen LogP contribution in [-0.2, 0) is 4.74 Å². The molecule has 26 heavy (non-hydrogen) atoms. The molecule has 2 fully saturated rings. The minimum atomic E-state index is 0.425. The van der Waals surface area contributed by atoms with Crippen LogP contribution in [0.5, 0.6) is 0 Å². The van der Waals surface area contributed by atoms with Gasteiger partial charge in [-0.1, -0.05) is 0 Å². The zero-order valence-corrected chi connectivity index (χ0v) is 16.3. The number of nitrogens with one attached hydrogen (secondary N) is 2. The Bertz CT molecular complexity index is 554. The second kappa shape index (κ2) is 9.32.